The summed E-state index contributed by atoms with van der Waals surface area (Å²) < 4.78 is 0. The molecule has 2 aliphatic heterocycles. The summed E-state index contributed by atoms with van der Waals surface area (Å²) in [6.07, 6.45) is 7.13. The van der Waals surface area contributed by atoms with E-state index in [0.29, 0.717) is 13.1 Å². The fourth-order valence-electron chi connectivity index (χ4n) is 4.43. The molecule has 2 fully saturated rings. The van der Waals surface area contributed by atoms with E-state index in [2.05, 4.69) is 24.8 Å². The molecule has 0 unspecified atom stereocenters. The molecule has 3 aromatic rings. The van der Waals surface area contributed by atoms with Crippen LogP contribution < -0.4 is 9.80 Å². The maximum atomic E-state index is 13.4. The quantitative estimate of drug-likeness (QED) is 0.645. The lowest BCUT2D eigenvalue weighted by Gasteiger charge is -2.35. The van der Waals surface area contributed by atoms with Crippen molar-refractivity contribution in [3.8, 4) is 0 Å². The van der Waals surface area contributed by atoms with Gasteiger partial charge in [-0.2, -0.15) is 0 Å². The number of carbonyl (C=O) groups is 1. The summed E-state index contributed by atoms with van der Waals surface area (Å²) in [5.41, 5.74) is 1.02. The van der Waals surface area contributed by atoms with Gasteiger partial charge in [-0.3, -0.25) is 4.79 Å². The third-order valence-corrected chi connectivity index (χ3v) is 7.28. The standard InChI is InChI=1S/C22H26N6OS/c1-16-18-20(27-9-5-2-6-10-27)24-15-25-21(18)30-19(16)22(29)28-13-11-26(12-14-28)17-7-3-4-8-23-17/h3-4,7-8,15H,2,5-6,9-14H2,1H3. The predicted octanol–water partition coefficient (Wildman–Crippen LogP) is 3.35. The van der Waals surface area contributed by atoms with E-state index >= 15 is 0 Å². The summed E-state index contributed by atoms with van der Waals surface area (Å²) in [6, 6.07) is 5.95. The Morgan fingerprint density at radius 1 is 0.933 bits per heavy atom. The normalized spacial score (nSPS) is 17.6. The molecule has 7 nitrogen and oxygen atoms in total. The number of piperazine rings is 1. The Labute approximate surface area is 180 Å². The number of carbonyl (C=O) groups excluding carboxylic acids is 1. The summed E-state index contributed by atoms with van der Waals surface area (Å²) in [7, 11) is 0. The minimum Gasteiger partial charge on any atom is -0.356 e. The fraction of sp³-hybridized carbons (Fsp3) is 0.455. The Bertz CT molecular complexity index is 1040. The molecular weight excluding hydrogens is 396 g/mol. The van der Waals surface area contributed by atoms with Gasteiger partial charge in [0.15, 0.2) is 0 Å². The molecule has 2 saturated heterocycles. The minimum atomic E-state index is 0.112. The van der Waals surface area contributed by atoms with E-state index in [-0.39, 0.29) is 5.91 Å². The summed E-state index contributed by atoms with van der Waals surface area (Å²) in [5, 5.41) is 1.06. The van der Waals surface area contributed by atoms with Gasteiger partial charge >= 0.3 is 0 Å². The first kappa shape index (κ1) is 19.2. The number of anilines is 2. The highest BCUT2D eigenvalue weighted by molar-refractivity contribution is 7.20. The number of rotatable bonds is 3. The van der Waals surface area contributed by atoms with Crippen molar-refractivity contribution in [2.75, 3.05) is 49.1 Å². The monoisotopic (exact) mass is 422 g/mol. The smallest absolute Gasteiger partial charge is 0.264 e. The van der Waals surface area contributed by atoms with Crippen molar-refractivity contribution < 1.29 is 4.79 Å². The predicted molar refractivity (Wildman–Crippen MR) is 121 cm³/mol. The lowest BCUT2D eigenvalue weighted by Crippen LogP contribution is -2.49. The number of fused-ring (bicyclic) bond motifs is 1. The van der Waals surface area contributed by atoms with E-state index in [1.54, 1.807) is 6.33 Å². The van der Waals surface area contributed by atoms with E-state index < -0.39 is 0 Å². The van der Waals surface area contributed by atoms with Crippen molar-refractivity contribution in [3.05, 3.63) is 41.2 Å². The Morgan fingerprint density at radius 3 is 2.47 bits per heavy atom. The molecule has 30 heavy (non-hydrogen) atoms. The van der Waals surface area contributed by atoms with Gasteiger partial charge in [0.05, 0.1) is 10.3 Å². The molecule has 0 aromatic carbocycles. The van der Waals surface area contributed by atoms with Gasteiger partial charge in [0, 0.05) is 45.5 Å². The largest absolute Gasteiger partial charge is 0.356 e. The van der Waals surface area contributed by atoms with Gasteiger partial charge in [-0.25, -0.2) is 15.0 Å². The second kappa shape index (κ2) is 8.18. The van der Waals surface area contributed by atoms with Gasteiger partial charge in [0.2, 0.25) is 0 Å². The molecule has 0 aliphatic carbocycles. The van der Waals surface area contributed by atoms with E-state index in [1.165, 1.54) is 30.6 Å². The second-order valence-electron chi connectivity index (χ2n) is 7.95. The van der Waals surface area contributed by atoms with Crippen molar-refractivity contribution in [1.29, 1.82) is 0 Å². The molecule has 0 N–H and O–H groups in total. The molecule has 5 rings (SSSR count). The van der Waals surface area contributed by atoms with Crippen molar-refractivity contribution >= 4 is 39.1 Å². The Balaban J connectivity index is 1.37. The van der Waals surface area contributed by atoms with Crippen LogP contribution in [0.15, 0.2) is 30.7 Å². The first-order valence-corrected chi connectivity index (χ1v) is 11.5. The number of pyridine rings is 1. The van der Waals surface area contributed by atoms with Crippen LogP contribution in [0.25, 0.3) is 10.2 Å². The molecule has 2 aliphatic rings. The van der Waals surface area contributed by atoms with Crippen LogP contribution in [0, 0.1) is 6.92 Å². The summed E-state index contributed by atoms with van der Waals surface area (Å²) in [4.78, 5) is 35.2. The van der Waals surface area contributed by atoms with Crippen molar-refractivity contribution in [2.24, 2.45) is 0 Å². The highest BCUT2D eigenvalue weighted by Gasteiger charge is 2.28. The van der Waals surface area contributed by atoms with Gasteiger partial charge in [-0.1, -0.05) is 6.07 Å². The second-order valence-corrected chi connectivity index (χ2v) is 8.95. The number of hydrogen-bond donors (Lipinski definition) is 0. The zero-order valence-corrected chi connectivity index (χ0v) is 18.1. The van der Waals surface area contributed by atoms with E-state index in [4.69, 9.17) is 0 Å². The number of aryl methyl sites for hydroxylation is 1. The molecule has 156 valence electrons. The van der Waals surface area contributed by atoms with E-state index in [0.717, 1.165) is 58.5 Å². The van der Waals surface area contributed by atoms with Crippen molar-refractivity contribution in [1.82, 2.24) is 19.9 Å². The summed E-state index contributed by atoms with van der Waals surface area (Å²) in [6.45, 7) is 7.10. The van der Waals surface area contributed by atoms with Crippen molar-refractivity contribution in [3.63, 3.8) is 0 Å². The van der Waals surface area contributed by atoms with Crippen LogP contribution in [0.4, 0.5) is 11.6 Å². The van der Waals surface area contributed by atoms with Crippen LogP contribution in [0.5, 0.6) is 0 Å². The minimum absolute atomic E-state index is 0.112. The zero-order chi connectivity index (χ0) is 20.5. The van der Waals surface area contributed by atoms with Crippen LogP contribution in [0.3, 0.4) is 0 Å². The maximum Gasteiger partial charge on any atom is 0.264 e. The molecule has 0 radical (unpaired) electrons. The van der Waals surface area contributed by atoms with Gasteiger partial charge < -0.3 is 14.7 Å². The van der Waals surface area contributed by atoms with E-state index in [1.807, 2.05) is 36.2 Å². The van der Waals surface area contributed by atoms with Crippen molar-refractivity contribution in [2.45, 2.75) is 26.2 Å². The molecule has 5 heterocycles. The third-order valence-electron chi connectivity index (χ3n) is 6.10. The number of piperidine rings is 1. The molecule has 0 saturated carbocycles. The number of amides is 1. The van der Waals surface area contributed by atoms with Crippen LogP contribution >= 0.6 is 11.3 Å². The SMILES string of the molecule is Cc1c(C(=O)N2CCN(c3ccccn3)CC2)sc2ncnc(N3CCCCC3)c12. The lowest BCUT2D eigenvalue weighted by atomic mass is 10.1. The number of nitrogens with zero attached hydrogens (tertiary/aromatic N) is 6. The van der Waals surface area contributed by atoms with Crippen LogP contribution in [0.1, 0.15) is 34.5 Å². The average Bonchev–Trinajstić information content (AvgIpc) is 3.16. The lowest BCUT2D eigenvalue weighted by molar-refractivity contribution is 0.0751. The summed E-state index contributed by atoms with van der Waals surface area (Å²) in [5.74, 6) is 2.08. The van der Waals surface area contributed by atoms with Crippen LogP contribution in [0.2, 0.25) is 0 Å². The Morgan fingerprint density at radius 2 is 1.73 bits per heavy atom. The zero-order valence-electron chi connectivity index (χ0n) is 17.3. The highest BCUT2D eigenvalue weighted by atomic mass is 32.1. The third kappa shape index (κ3) is 3.49. The average molecular weight is 423 g/mol. The van der Waals surface area contributed by atoms with Gasteiger partial charge in [-0.05, 0) is 43.9 Å². The fourth-order valence-corrected chi connectivity index (χ4v) is 5.54. The topological polar surface area (TPSA) is 65.5 Å². The summed E-state index contributed by atoms with van der Waals surface area (Å²) >= 11 is 1.51. The Kier molecular flexibility index (Phi) is 5.25. The number of aromatic nitrogens is 3. The molecule has 1 amide bonds. The van der Waals surface area contributed by atoms with Gasteiger partial charge in [0.1, 0.15) is 22.8 Å². The molecule has 3 aromatic heterocycles. The van der Waals surface area contributed by atoms with Crippen LogP contribution in [-0.2, 0) is 0 Å². The molecule has 8 heteroatoms. The van der Waals surface area contributed by atoms with E-state index in [9.17, 15) is 4.79 Å². The maximum absolute atomic E-state index is 13.4. The number of hydrogen-bond acceptors (Lipinski definition) is 7. The number of thiophene rings is 1. The molecule has 0 spiro atoms. The molecular formula is C22H26N6OS. The van der Waals surface area contributed by atoms with Gasteiger partial charge in [-0.15, -0.1) is 11.3 Å². The molecule has 0 atom stereocenters. The molecule has 0 bridgehead atoms. The first-order valence-electron chi connectivity index (χ1n) is 10.7. The van der Waals surface area contributed by atoms with Gasteiger partial charge in [0.25, 0.3) is 5.91 Å². The first-order chi connectivity index (χ1) is 14.7. The Hall–Kier alpha value is -2.74. The van der Waals surface area contributed by atoms with Crippen LogP contribution in [-0.4, -0.2) is 65.0 Å². The highest BCUT2D eigenvalue weighted by Crippen LogP contribution is 2.36.